The van der Waals surface area contributed by atoms with Crippen molar-refractivity contribution in [2.45, 2.75) is 69.1 Å². The smallest absolute Gasteiger partial charge is 0.226 e. The van der Waals surface area contributed by atoms with Crippen LogP contribution in [0.2, 0.25) is 0 Å². The van der Waals surface area contributed by atoms with Crippen LogP contribution in [-0.2, 0) is 21.6 Å². The molecule has 0 aromatic heterocycles. The second kappa shape index (κ2) is 10.1. The fourth-order valence-corrected chi connectivity index (χ4v) is 6.34. The Kier molecular flexibility index (Phi) is 6.91. The number of hydrogen-bond donors (Lipinski definition) is 3. The molecule has 0 radical (unpaired) electrons. The van der Waals surface area contributed by atoms with E-state index in [2.05, 4.69) is 10.6 Å². The summed E-state index contributed by atoms with van der Waals surface area (Å²) in [5.74, 6) is 0.0589. The van der Waals surface area contributed by atoms with Crippen molar-refractivity contribution in [3.63, 3.8) is 0 Å². The Hall–Kier alpha value is -3.44. The van der Waals surface area contributed by atoms with Gasteiger partial charge < -0.3 is 15.7 Å². The molecule has 1 atom stereocenters. The van der Waals surface area contributed by atoms with E-state index in [1.165, 1.54) is 0 Å². The van der Waals surface area contributed by atoms with Gasteiger partial charge in [-0.1, -0.05) is 91.0 Å². The molecule has 2 bridgehead atoms. The number of aliphatic hydroxyl groups is 1. The number of amides is 2. The van der Waals surface area contributed by atoms with Crippen LogP contribution in [0.5, 0.6) is 0 Å². The Morgan fingerprint density at radius 3 is 1.73 bits per heavy atom. The standard InChI is InChI=1S/C32H36N2O3/c1-24(32(37,26-13-7-3-8-14-26)27-15-9-4-10-16-27)33-29(36)30-17-20-31(21-18-30,22-19-30)34-28(35)23-25-11-5-2-6-12-25/h2-16,24,37H,17-23H2,1H3,(H,33,36)(H,34,35). The summed E-state index contributed by atoms with van der Waals surface area (Å²) in [6, 6.07) is 28.4. The molecule has 3 aliphatic rings. The maximum Gasteiger partial charge on any atom is 0.226 e. The fraction of sp³-hybridized carbons (Fsp3) is 0.375. The molecule has 5 heteroatoms. The first kappa shape index (κ1) is 25.2. The van der Waals surface area contributed by atoms with Crippen LogP contribution in [0.4, 0.5) is 0 Å². The highest BCUT2D eigenvalue weighted by Gasteiger charge is 2.53. The summed E-state index contributed by atoms with van der Waals surface area (Å²) in [4.78, 5) is 26.5. The van der Waals surface area contributed by atoms with Gasteiger partial charge in [0.25, 0.3) is 0 Å². The van der Waals surface area contributed by atoms with Gasteiger partial charge in [-0.05, 0) is 62.1 Å². The van der Waals surface area contributed by atoms with Crippen molar-refractivity contribution in [2.24, 2.45) is 5.41 Å². The lowest BCUT2D eigenvalue weighted by Gasteiger charge is -2.53. The molecule has 0 aliphatic heterocycles. The predicted octanol–water partition coefficient (Wildman–Crippen LogP) is 4.88. The summed E-state index contributed by atoms with van der Waals surface area (Å²) >= 11 is 0. The summed E-state index contributed by atoms with van der Waals surface area (Å²) in [5, 5.41) is 18.6. The molecule has 3 N–H and O–H groups in total. The van der Waals surface area contributed by atoms with Crippen molar-refractivity contribution in [3.8, 4) is 0 Å². The van der Waals surface area contributed by atoms with E-state index in [0.717, 1.165) is 55.2 Å². The third kappa shape index (κ3) is 4.93. The molecule has 37 heavy (non-hydrogen) atoms. The first-order chi connectivity index (χ1) is 17.9. The van der Waals surface area contributed by atoms with E-state index in [4.69, 9.17) is 0 Å². The average Bonchev–Trinajstić information content (AvgIpc) is 2.94. The Balaban J connectivity index is 1.27. The molecule has 0 saturated heterocycles. The minimum absolute atomic E-state index is 0.00852. The van der Waals surface area contributed by atoms with Gasteiger partial charge in [0.2, 0.25) is 11.8 Å². The van der Waals surface area contributed by atoms with Gasteiger partial charge >= 0.3 is 0 Å². The quantitative estimate of drug-likeness (QED) is 0.416. The molecule has 0 spiro atoms. The molecule has 0 heterocycles. The minimum Gasteiger partial charge on any atom is -0.378 e. The number of rotatable bonds is 8. The van der Waals surface area contributed by atoms with E-state index in [-0.39, 0.29) is 17.4 Å². The van der Waals surface area contributed by atoms with Gasteiger partial charge in [0.05, 0.1) is 12.5 Å². The van der Waals surface area contributed by atoms with Gasteiger partial charge in [-0.2, -0.15) is 0 Å². The molecule has 6 rings (SSSR count). The zero-order valence-corrected chi connectivity index (χ0v) is 21.5. The lowest BCUT2D eigenvalue weighted by atomic mass is 9.56. The molecular weight excluding hydrogens is 460 g/mol. The highest BCUT2D eigenvalue weighted by molar-refractivity contribution is 5.84. The zero-order chi connectivity index (χ0) is 25.9. The molecular formula is C32H36N2O3. The summed E-state index contributed by atoms with van der Waals surface area (Å²) in [5.41, 5.74) is 0.490. The van der Waals surface area contributed by atoms with Crippen molar-refractivity contribution in [1.29, 1.82) is 0 Å². The number of nitrogens with one attached hydrogen (secondary N) is 2. The predicted molar refractivity (Wildman–Crippen MR) is 145 cm³/mol. The summed E-state index contributed by atoms with van der Waals surface area (Å²) < 4.78 is 0. The van der Waals surface area contributed by atoms with Crippen LogP contribution in [0.25, 0.3) is 0 Å². The van der Waals surface area contributed by atoms with Crippen LogP contribution in [-0.4, -0.2) is 28.5 Å². The largest absolute Gasteiger partial charge is 0.378 e. The number of fused-ring (bicyclic) bond motifs is 3. The number of hydrogen-bond acceptors (Lipinski definition) is 3. The molecule has 3 fully saturated rings. The van der Waals surface area contributed by atoms with Crippen LogP contribution in [0.3, 0.4) is 0 Å². The van der Waals surface area contributed by atoms with E-state index in [9.17, 15) is 14.7 Å². The second-order valence-electron chi connectivity index (χ2n) is 11.0. The Morgan fingerprint density at radius 1 is 0.784 bits per heavy atom. The Bertz CT molecular complexity index is 1160. The van der Waals surface area contributed by atoms with Crippen LogP contribution < -0.4 is 10.6 Å². The van der Waals surface area contributed by atoms with Crippen LogP contribution in [0.1, 0.15) is 62.1 Å². The molecule has 5 nitrogen and oxygen atoms in total. The third-order valence-corrected chi connectivity index (χ3v) is 8.74. The van der Waals surface area contributed by atoms with Gasteiger partial charge in [0.15, 0.2) is 0 Å². The highest BCUT2D eigenvalue weighted by Crippen LogP contribution is 2.52. The highest BCUT2D eigenvalue weighted by atomic mass is 16.3. The second-order valence-corrected chi connectivity index (χ2v) is 11.0. The molecule has 3 saturated carbocycles. The van der Waals surface area contributed by atoms with Crippen LogP contribution >= 0.6 is 0 Å². The third-order valence-electron chi connectivity index (χ3n) is 8.74. The lowest BCUT2D eigenvalue weighted by Crippen LogP contribution is -2.61. The van der Waals surface area contributed by atoms with E-state index in [1.54, 1.807) is 0 Å². The molecule has 3 aromatic carbocycles. The molecule has 192 valence electrons. The monoisotopic (exact) mass is 496 g/mol. The lowest BCUT2D eigenvalue weighted by molar-refractivity contribution is -0.141. The average molecular weight is 497 g/mol. The molecule has 3 aromatic rings. The van der Waals surface area contributed by atoms with Crippen LogP contribution in [0.15, 0.2) is 91.0 Å². The molecule has 3 aliphatic carbocycles. The first-order valence-electron chi connectivity index (χ1n) is 13.3. The van der Waals surface area contributed by atoms with Crippen molar-refractivity contribution >= 4 is 11.8 Å². The maximum atomic E-state index is 13.8. The van der Waals surface area contributed by atoms with Gasteiger partial charge in [0, 0.05) is 11.0 Å². The number of carbonyl (C=O) groups excluding carboxylic acids is 2. The van der Waals surface area contributed by atoms with Crippen molar-refractivity contribution in [1.82, 2.24) is 10.6 Å². The maximum absolute atomic E-state index is 13.8. The normalized spacial score (nSPS) is 23.7. The fourth-order valence-electron chi connectivity index (χ4n) is 6.34. The van der Waals surface area contributed by atoms with Crippen molar-refractivity contribution in [3.05, 3.63) is 108 Å². The van der Waals surface area contributed by atoms with Gasteiger partial charge in [-0.25, -0.2) is 0 Å². The summed E-state index contributed by atoms with van der Waals surface area (Å²) in [7, 11) is 0. The van der Waals surface area contributed by atoms with Crippen LogP contribution in [0, 0.1) is 5.41 Å². The first-order valence-corrected chi connectivity index (χ1v) is 13.3. The van der Waals surface area contributed by atoms with E-state index in [1.807, 2.05) is 97.9 Å². The zero-order valence-electron chi connectivity index (χ0n) is 21.5. The minimum atomic E-state index is -1.35. The topological polar surface area (TPSA) is 78.4 Å². The van der Waals surface area contributed by atoms with Gasteiger partial charge in [0.1, 0.15) is 5.60 Å². The number of benzene rings is 3. The van der Waals surface area contributed by atoms with E-state index in [0.29, 0.717) is 6.42 Å². The Morgan fingerprint density at radius 2 is 1.24 bits per heavy atom. The molecule has 2 amide bonds. The van der Waals surface area contributed by atoms with Gasteiger partial charge in [-0.15, -0.1) is 0 Å². The van der Waals surface area contributed by atoms with E-state index >= 15 is 0 Å². The SMILES string of the molecule is CC(NC(=O)C12CCC(NC(=O)Cc3ccccc3)(CC1)CC2)C(O)(c1ccccc1)c1ccccc1. The number of carbonyl (C=O) groups is 2. The van der Waals surface area contributed by atoms with Crippen molar-refractivity contribution in [2.75, 3.05) is 0 Å². The Labute approximate surface area is 219 Å². The van der Waals surface area contributed by atoms with Crippen molar-refractivity contribution < 1.29 is 14.7 Å². The summed E-state index contributed by atoms with van der Waals surface area (Å²) in [6.07, 6.45) is 5.01. The van der Waals surface area contributed by atoms with Gasteiger partial charge in [-0.3, -0.25) is 9.59 Å². The molecule has 1 unspecified atom stereocenters. The van der Waals surface area contributed by atoms with E-state index < -0.39 is 17.1 Å². The summed E-state index contributed by atoms with van der Waals surface area (Å²) in [6.45, 7) is 1.88.